The van der Waals surface area contributed by atoms with Gasteiger partial charge < -0.3 is 0 Å². The number of sulfonamides is 1. The minimum atomic E-state index is -3.43. The summed E-state index contributed by atoms with van der Waals surface area (Å²) in [5, 5.41) is 0. The molecule has 1 aromatic rings. The van der Waals surface area contributed by atoms with Gasteiger partial charge in [0.25, 0.3) is 0 Å². The van der Waals surface area contributed by atoms with Crippen LogP contribution in [0.4, 0.5) is 0 Å². The Morgan fingerprint density at radius 1 is 1.33 bits per heavy atom. The SMILES string of the molecule is CC(C)(C)NS(=O)(=O)c1cccnc1.Cl. The molecule has 0 spiro atoms. The van der Waals surface area contributed by atoms with E-state index in [1.54, 1.807) is 26.8 Å². The maximum Gasteiger partial charge on any atom is 0.242 e. The standard InChI is InChI=1S/C9H14N2O2S.ClH/c1-9(2,3)11-14(12,13)8-5-4-6-10-7-8;/h4-7,11H,1-3H3;1H. The average molecular weight is 251 g/mol. The van der Waals surface area contributed by atoms with Gasteiger partial charge >= 0.3 is 0 Å². The first-order valence-electron chi connectivity index (χ1n) is 4.25. The van der Waals surface area contributed by atoms with Crippen molar-refractivity contribution in [1.82, 2.24) is 9.71 Å². The molecule has 0 saturated heterocycles. The highest BCUT2D eigenvalue weighted by atomic mass is 35.5. The monoisotopic (exact) mass is 250 g/mol. The summed E-state index contributed by atoms with van der Waals surface area (Å²) in [5.41, 5.74) is -0.478. The van der Waals surface area contributed by atoms with Crippen molar-refractivity contribution in [2.24, 2.45) is 0 Å². The molecule has 0 unspecified atom stereocenters. The van der Waals surface area contributed by atoms with Crippen LogP contribution in [-0.2, 0) is 10.0 Å². The number of hydrogen-bond acceptors (Lipinski definition) is 3. The Balaban J connectivity index is 0.00000196. The molecule has 1 aromatic heterocycles. The molecule has 15 heavy (non-hydrogen) atoms. The summed E-state index contributed by atoms with van der Waals surface area (Å²) < 4.78 is 25.9. The van der Waals surface area contributed by atoms with Gasteiger partial charge in [0.1, 0.15) is 4.90 Å². The zero-order valence-corrected chi connectivity index (χ0v) is 10.5. The molecule has 1 N–H and O–H groups in total. The first-order valence-corrected chi connectivity index (χ1v) is 5.74. The van der Waals surface area contributed by atoms with Crippen molar-refractivity contribution in [3.05, 3.63) is 24.5 Å². The number of rotatable bonds is 2. The third kappa shape index (κ3) is 4.59. The predicted octanol–water partition coefficient (Wildman–Crippen LogP) is 1.58. The zero-order chi connectivity index (χ0) is 10.8. The number of nitrogens with zero attached hydrogens (tertiary/aromatic N) is 1. The van der Waals surface area contributed by atoms with Crippen LogP contribution in [0.25, 0.3) is 0 Å². The number of nitrogens with one attached hydrogen (secondary N) is 1. The second-order valence-electron chi connectivity index (χ2n) is 4.04. The summed E-state index contributed by atoms with van der Waals surface area (Å²) in [4.78, 5) is 3.95. The first-order chi connectivity index (χ1) is 6.31. The van der Waals surface area contributed by atoms with Gasteiger partial charge in [-0.3, -0.25) is 4.98 Å². The first kappa shape index (κ1) is 14.3. The van der Waals surface area contributed by atoms with Crippen molar-refractivity contribution in [2.75, 3.05) is 0 Å². The third-order valence-electron chi connectivity index (χ3n) is 1.39. The second kappa shape index (κ2) is 4.92. The van der Waals surface area contributed by atoms with Gasteiger partial charge in [-0.2, -0.15) is 0 Å². The number of aromatic nitrogens is 1. The zero-order valence-electron chi connectivity index (χ0n) is 8.89. The predicted molar refractivity (Wildman–Crippen MR) is 61.6 cm³/mol. The lowest BCUT2D eigenvalue weighted by molar-refractivity contribution is 0.491. The van der Waals surface area contributed by atoms with E-state index in [1.807, 2.05) is 0 Å². The van der Waals surface area contributed by atoms with Crippen LogP contribution >= 0.6 is 12.4 Å². The molecule has 6 heteroatoms. The van der Waals surface area contributed by atoms with Crippen molar-refractivity contribution in [3.8, 4) is 0 Å². The lowest BCUT2D eigenvalue weighted by Gasteiger charge is -2.19. The highest BCUT2D eigenvalue weighted by Gasteiger charge is 2.21. The molecule has 0 saturated carbocycles. The lowest BCUT2D eigenvalue weighted by Crippen LogP contribution is -2.40. The van der Waals surface area contributed by atoms with Crippen LogP contribution in [0.2, 0.25) is 0 Å². The number of halogens is 1. The number of hydrogen-bond donors (Lipinski definition) is 1. The topological polar surface area (TPSA) is 59.1 Å². The molecule has 86 valence electrons. The van der Waals surface area contributed by atoms with Crippen LogP contribution in [0.1, 0.15) is 20.8 Å². The van der Waals surface area contributed by atoms with Gasteiger partial charge in [-0.25, -0.2) is 13.1 Å². The van der Waals surface area contributed by atoms with E-state index in [-0.39, 0.29) is 17.3 Å². The molecule has 4 nitrogen and oxygen atoms in total. The van der Waals surface area contributed by atoms with E-state index in [1.165, 1.54) is 18.5 Å². The van der Waals surface area contributed by atoms with Crippen LogP contribution in [-0.4, -0.2) is 18.9 Å². The Morgan fingerprint density at radius 2 is 1.93 bits per heavy atom. The lowest BCUT2D eigenvalue weighted by atomic mass is 10.1. The Morgan fingerprint density at radius 3 is 2.33 bits per heavy atom. The fourth-order valence-corrected chi connectivity index (χ4v) is 2.35. The van der Waals surface area contributed by atoms with Crippen molar-refractivity contribution >= 4 is 22.4 Å². The molecule has 0 atom stereocenters. The molecule has 0 aliphatic carbocycles. The Kier molecular flexibility index (Phi) is 4.70. The fraction of sp³-hybridized carbons (Fsp3) is 0.444. The van der Waals surface area contributed by atoms with Crippen molar-refractivity contribution in [2.45, 2.75) is 31.2 Å². The highest BCUT2D eigenvalue weighted by molar-refractivity contribution is 7.89. The smallest absolute Gasteiger partial charge is 0.242 e. The summed E-state index contributed by atoms with van der Waals surface area (Å²) in [6.45, 7) is 5.38. The molecule has 0 aliphatic rings. The van der Waals surface area contributed by atoms with Gasteiger partial charge in [0.2, 0.25) is 10.0 Å². The second-order valence-corrected chi connectivity index (χ2v) is 5.73. The van der Waals surface area contributed by atoms with E-state index in [0.29, 0.717) is 0 Å². The average Bonchev–Trinajstić information content (AvgIpc) is 2.01. The molecular formula is C9H15ClN2O2S. The van der Waals surface area contributed by atoms with Gasteiger partial charge in [-0.1, -0.05) is 0 Å². The third-order valence-corrected chi connectivity index (χ3v) is 3.13. The van der Waals surface area contributed by atoms with Gasteiger partial charge in [-0.05, 0) is 32.9 Å². The molecule has 0 bridgehead atoms. The Bertz CT molecular complexity index is 398. The van der Waals surface area contributed by atoms with Gasteiger partial charge in [0.15, 0.2) is 0 Å². The number of pyridine rings is 1. The van der Waals surface area contributed by atoms with Gasteiger partial charge in [0, 0.05) is 17.9 Å². The molecule has 0 aromatic carbocycles. The van der Waals surface area contributed by atoms with Gasteiger partial charge in [-0.15, -0.1) is 12.4 Å². The normalized spacial score (nSPS) is 11.9. The van der Waals surface area contributed by atoms with E-state index in [9.17, 15) is 8.42 Å². The molecule has 0 amide bonds. The van der Waals surface area contributed by atoms with Crippen molar-refractivity contribution in [1.29, 1.82) is 0 Å². The summed E-state index contributed by atoms with van der Waals surface area (Å²) in [7, 11) is -3.43. The van der Waals surface area contributed by atoms with Crippen LogP contribution in [0.3, 0.4) is 0 Å². The van der Waals surface area contributed by atoms with Crippen molar-refractivity contribution in [3.63, 3.8) is 0 Å². The largest absolute Gasteiger partial charge is 0.263 e. The van der Waals surface area contributed by atoms with Crippen LogP contribution in [0, 0.1) is 0 Å². The van der Waals surface area contributed by atoms with Crippen LogP contribution in [0.5, 0.6) is 0 Å². The summed E-state index contributed by atoms with van der Waals surface area (Å²) in [6, 6.07) is 3.11. The minimum absolute atomic E-state index is 0. The molecule has 1 rings (SSSR count). The van der Waals surface area contributed by atoms with E-state index >= 15 is 0 Å². The van der Waals surface area contributed by atoms with E-state index in [2.05, 4.69) is 9.71 Å². The molecule has 1 heterocycles. The quantitative estimate of drug-likeness (QED) is 0.867. The fourth-order valence-electron chi connectivity index (χ4n) is 0.968. The maximum absolute atomic E-state index is 11.7. The molecule has 0 aliphatic heterocycles. The van der Waals surface area contributed by atoms with E-state index in [0.717, 1.165) is 0 Å². The molecule has 0 fully saturated rings. The van der Waals surface area contributed by atoms with Crippen molar-refractivity contribution < 1.29 is 8.42 Å². The van der Waals surface area contributed by atoms with Gasteiger partial charge in [0.05, 0.1) is 0 Å². The van der Waals surface area contributed by atoms with E-state index < -0.39 is 15.6 Å². The van der Waals surface area contributed by atoms with E-state index in [4.69, 9.17) is 0 Å². The minimum Gasteiger partial charge on any atom is -0.263 e. The summed E-state index contributed by atoms with van der Waals surface area (Å²) >= 11 is 0. The molecular weight excluding hydrogens is 236 g/mol. The van der Waals surface area contributed by atoms with Crippen LogP contribution < -0.4 is 4.72 Å². The molecule has 0 radical (unpaired) electrons. The van der Waals surface area contributed by atoms with Crippen LogP contribution in [0.15, 0.2) is 29.4 Å². The summed E-state index contributed by atoms with van der Waals surface area (Å²) in [6.07, 6.45) is 2.87. The Hall–Kier alpha value is -0.650. The maximum atomic E-state index is 11.7. The highest BCUT2D eigenvalue weighted by Crippen LogP contribution is 2.10. The summed E-state index contributed by atoms with van der Waals surface area (Å²) in [5.74, 6) is 0. The Labute approximate surface area is 96.6 Å².